The van der Waals surface area contributed by atoms with E-state index in [1.807, 2.05) is 11.8 Å². The molecular weight excluding hydrogens is 415 g/mol. The fraction of sp³-hybridized carbons (Fsp3) is 0.280. The number of aryl methyl sites for hydroxylation is 1. The van der Waals surface area contributed by atoms with Gasteiger partial charge in [-0.2, -0.15) is 0 Å². The van der Waals surface area contributed by atoms with Crippen LogP contribution in [0.25, 0.3) is 0 Å². The lowest BCUT2D eigenvalue weighted by molar-refractivity contribution is 0.597. The van der Waals surface area contributed by atoms with Crippen LogP contribution < -0.4 is 9.80 Å². The summed E-state index contributed by atoms with van der Waals surface area (Å²) >= 11 is 7.79. The number of hydrogen-bond donors (Lipinski definition) is 0. The van der Waals surface area contributed by atoms with Crippen LogP contribution in [0, 0.1) is 12.7 Å². The van der Waals surface area contributed by atoms with Crippen molar-refractivity contribution in [3.05, 3.63) is 88.7 Å². The Bertz CT molecular complexity index is 1000. The molecule has 0 bridgehead atoms. The van der Waals surface area contributed by atoms with E-state index in [0.29, 0.717) is 16.0 Å². The molecule has 1 aliphatic rings. The summed E-state index contributed by atoms with van der Waals surface area (Å²) in [5.41, 5.74) is 4.54. The van der Waals surface area contributed by atoms with Crippen molar-refractivity contribution in [3.63, 3.8) is 0 Å². The minimum atomic E-state index is -0.250. The fourth-order valence-corrected chi connectivity index (χ4v) is 5.12. The predicted molar refractivity (Wildman–Crippen MR) is 128 cm³/mol. The molecule has 156 valence electrons. The molecule has 3 aromatic carbocycles. The Hall–Kier alpha value is -2.17. The summed E-state index contributed by atoms with van der Waals surface area (Å²) in [6.07, 6.45) is 0. The number of thioether (sulfide) groups is 1. The Kier molecular flexibility index (Phi) is 6.55. The normalized spacial score (nSPS) is 15.3. The lowest BCUT2D eigenvalue weighted by atomic mass is 10.1. The van der Waals surface area contributed by atoms with Gasteiger partial charge in [0.2, 0.25) is 0 Å². The summed E-state index contributed by atoms with van der Waals surface area (Å²) in [6, 6.07) is 22.3. The Morgan fingerprint density at radius 2 is 1.50 bits per heavy atom. The van der Waals surface area contributed by atoms with Gasteiger partial charge in [-0.3, -0.25) is 0 Å². The van der Waals surface area contributed by atoms with E-state index in [0.717, 1.165) is 26.2 Å². The number of para-hydroxylation sites is 1. The molecule has 0 radical (unpaired) electrons. The maximum Gasteiger partial charge on any atom is 0.147 e. The van der Waals surface area contributed by atoms with Crippen molar-refractivity contribution in [3.8, 4) is 0 Å². The van der Waals surface area contributed by atoms with E-state index < -0.39 is 0 Å². The Morgan fingerprint density at radius 3 is 2.17 bits per heavy atom. The number of anilines is 2. The molecule has 0 N–H and O–H groups in total. The summed E-state index contributed by atoms with van der Waals surface area (Å²) < 4.78 is 14.3. The van der Waals surface area contributed by atoms with Crippen LogP contribution in [0.5, 0.6) is 0 Å². The highest BCUT2D eigenvalue weighted by Gasteiger charge is 2.23. The van der Waals surface area contributed by atoms with Gasteiger partial charge in [-0.1, -0.05) is 47.5 Å². The summed E-state index contributed by atoms with van der Waals surface area (Å²) in [6.45, 7) is 7.67. The van der Waals surface area contributed by atoms with Gasteiger partial charge in [0.25, 0.3) is 0 Å². The van der Waals surface area contributed by atoms with Gasteiger partial charge < -0.3 is 9.80 Å². The number of rotatable bonds is 5. The maximum atomic E-state index is 14.3. The number of benzene rings is 3. The molecule has 2 nitrogen and oxygen atoms in total. The van der Waals surface area contributed by atoms with Crippen molar-refractivity contribution in [1.82, 2.24) is 0 Å². The van der Waals surface area contributed by atoms with Gasteiger partial charge >= 0.3 is 0 Å². The zero-order chi connectivity index (χ0) is 21.1. The molecule has 0 spiro atoms. The second-order valence-electron chi connectivity index (χ2n) is 7.70. The highest BCUT2D eigenvalue weighted by Crippen LogP contribution is 2.39. The van der Waals surface area contributed by atoms with Crippen LogP contribution in [-0.4, -0.2) is 26.2 Å². The van der Waals surface area contributed by atoms with E-state index in [2.05, 4.69) is 72.2 Å². The highest BCUT2D eigenvalue weighted by molar-refractivity contribution is 7.99. The molecule has 5 heteroatoms. The van der Waals surface area contributed by atoms with Gasteiger partial charge in [-0.05, 0) is 55.8 Å². The van der Waals surface area contributed by atoms with Crippen LogP contribution in [0.2, 0.25) is 5.02 Å². The van der Waals surface area contributed by atoms with Crippen LogP contribution in [0.3, 0.4) is 0 Å². The third-order valence-corrected chi connectivity index (χ3v) is 6.97. The van der Waals surface area contributed by atoms with E-state index >= 15 is 0 Å². The summed E-state index contributed by atoms with van der Waals surface area (Å²) in [5.74, 6) is -0.250. The Labute approximate surface area is 187 Å². The number of nitrogens with zero attached hydrogens (tertiary/aromatic N) is 2. The van der Waals surface area contributed by atoms with E-state index in [1.165, 1.54) is 27.8 Å². The molecule has 0 amide bonds. The van der Waals surface area contributed by atoms with Crippen molar-refractivity contribution in [2.24, 2.45) is 0 Å². The van der Waals surface area contributed by atoms with E-state index in [9.17, 15) is 4.39 Å². The second kappa shape index (κ2) is 9.32. The minimum Gasteiger partial charge on any atom is -0.368 e. The Morgan fingerprint density at radius 1 is 0.867 bits per heavy atom. The molecule has 0 aromatic heterocycles. The molecule has 1 unspecified atom stereocenters. The number of piperazine rings is 1. The van der Waals surface area contributed by atoms with E-state index in [1.54, 1.807) is 12.1 Å². The summed E-state index contributed by atoms with van der Waals surface area (Å²) in [5, 5.41) is 0.777. The Balaban J connectivity index is 1.47. The zero-order valence-electron chi connectivity index (χ0n) is 17.3. The molecule has 1 heterocycles. The molecule has 0 aliphatic carbocycles. The fourth-order valence-electron chi connectivity index (χ4n) is 3.93. The van der Waals surface area contributed by atoms with E-state index in [4.69, 9.17) is 11.6 Å². The molecular formula is C25H26ClFN2S. The highest BCUT2D eigenvalue weighted by atomic mass is 35.5. The zero-order valence-corrected chi connectivity index (χ0v) is 18.9. The van der Waals surface area contributed by atoms with Crippen LogP contribution in [-0.2, 0) is 0 Å². The monoisotopic (exact) mass is 440 g/mol. The smallest absolute Gasteiger partial charge is 0.147 e. The first-order valence-corrected chi connectivity index (χ1v) is 11.5. The van der Waals surface area contributed by atoms with Crippen molar-refractivity contribution in [1.29, 1.82) is 0 Å². The lowest BCUT2D eigenvalue weighted by Gasteiger charge is -2.38. The van der Waals surface area contributed by atoms with Gasteiger partial charge in [0.1, 0.15) is 5.82 Å². The first kappa shape index (κ1) is 21.1. The van der Waals surface area contributed by atoms with Crippen molar-refractivity contribution < 1.29 is 4.39 Å². The number of hydrogen-bond acceptors (Lipinski definition) is 3. The van der Waals surface area contributed by atoms with Crippen LogP contribution in [0.15, 0.2) is 71.6 Å². The molecule has 4 rings (SSSR count). The third-order valence-electron chi connectivity index (χ3n) is 5.58. The summed E-state index contributed by atoms with van der Waals surface area (Å²) in [4.78, 5) is 5.81. The van der Waals surface area contributed by atoms with Gasteiger partial charge in [-0.15, -0.1) is 11.8 Å². The maximum absolute atomic E-state index is 14.3. The van der Waals surface area contributed by atoms with Crippen LogP contribution >= 0.6 is 23.4 Å². The van der Waals surface area contributed by atoms with Crippen LogP contribution in [0.4, 0.5) is 15.8 Å². The van der Waals surface area contributed by atoms with Gasteiger partial charge in [0.15, 0.2) is 0 Å². The molecule has 0 saturated carbocycles. The van der Waals surface area contributed by atoms with Gasteiger partial charge in [0.05, 0.1) is 5.69 Å². The molecule has 1 atom stereocenters. The summed E-state index contributed by atoms with van der Waals surface area (Å²) in [7, 11) is 0. The predicted octanol–water partition coefficient (Wildman–Crippen LogP) is 6.97. The molecule has 3 aromatic rings. The molecule has 1 saturated heterocycles. The van der Waals surface area contributed by atoms with Gasteiger partial charge in [-0.25, -0.2) is 4.39 Å². The number of halogens is 2. The third kappa shape index (κ3) is 4.76. The average molecular weight is 441 g/mol. The van der Waals surface area contributed by atoms with Crippen molar-refractivity contribution in [2.75, 3.05) is 36.0 Å². The molecule has 30 heavy (non-hydrogen) atoms. The minimum absolute atomic E-state index is 0.250. The first-order valence-electron chi connectivity index (χ1n) is 10.3. The quantitative estimate of drug-likeness (QED) is 0.395. The average Bonchev–Trinajstić information content (AvgIpc) is 2.75. The van der Waals surface area contributed by atoms with Crippen molar-refractivity contribution >= 4 is 34.7 Å². The van der Waals surface area contributed by atoms with E-state index in [-0.39, 0.29) is 5.82 Å². The largest absolute Gasteiger partial charge is 0.368 e. The van der Waals surface area contributed by atoms with Crippen molar-refractivity contribution in [2.45, 2.75) is 24.0 Å². The second-order valence-corrected chi connectivity index (χ2v) is 9.55. The molecule has 1 fully saturated rings. The topological polar surface area (TPSA) is 6.48 Å². The van der Waals surface area contributed by atoms with Gasteiger partial charge in [0, 0.05) is 47.0 Å². The SMILES string of the molecule is Cc1ccc(SC(C)c2ccccc2N2CCN(c3ccc(Cl)cc3F)CC2)cc1. The standard InChI is InChI=1S/C25H26ClFN2S/c1-18-7-10-21(11-8-18)30-19(2)22-5-3-4-6-24(22)28-13-15-29(16-14-28)25-12-9-20(26)17-23(25)27/h3-12,17,19H,13-16H2,1-2H3. The first-order chi connectivity index (χ1) is 14.5. The lowest BCUT2D eigenvalue weighted by Crippen LogP contribution is -2.47. The van der Waals surface area contributed by atoms with Crippen LogP contribution in [0.1, 0.15) is 23.3 Å². The molecule has 1 aliphatic heterocycles.